The van der Waals surface area contributed by atoms with Gasteiger partial charge in [0.05, 0.1) is 5.41 Å². The first-order valence-corrected chi connectivity index (χ1v) is 5.62. The molecule has 0 aromatic carbocycles. The third kappa shape index (κ3) is 2.11. The number of amides is 1. The van der Waals surface area contributed by atoms with Crippen molar-refractivity contribution in [2.45, 2.75) is 20.8 Å². The van der Waals surface area contributed by atoms with Crippen molar-refractivity contribution in [1.82, 2.24) is 19.6 Å². The molecule has 0 aliphatic carbocycles. The van der Waals surface area contributed by atoms with Gasteiger partial charge in [0.1, 0.15) is 5.82 Å². The van der Waals surface area contributed by atoms with Crippen molar-refractivity contribution >= 4 is 17.4 Å². The largest absolute Gasteiger partial charge is 0.369 e. The molecule has 0 unspecified atom stereocenters. The molecule has 2 aromatic heterocycles. The van der Waals surface area contributed by atoms with Crippen LogP contribution in [0.15, 0.2) is 12.4 Å². The summed E-state index contributed by atoms with van der Waals surface area (Å²) in [6.45, 7) is 5.80. The number of aromatic nitrogens is 4. The van der Waals surface area contributed by atoms with Crippen LogP contribution in [0, 0.1) is 12.3 Å². The number of primary amides is 1. The number of rotatable bonds is 4. The lowest BCUT2D eigenvalue weighted by Crippen LogP contribution is -2.37. The Kier molecular flexibility index (Phi) is 2.90. The second-order valence-corrected chi connectivity index (χ2v) is 4.82. The summed E-state index contributed by atoms with van der Waals surface area (Å²) < 4.78 is 1.83. The lowest BCUT2D eigenvalue weighted by molar-refractivity contribution is -0.125. The Balaban J connectivity index is 2.25. The van der Waals surface area contributed by atoms with Gasteiger partial charge in [0.15, 0.2) is 5.82 Å². The first kappa shape index (κ1) is 12.3. The first-order chi connectivity index (χ1) is 8.42. The third-order valence-corrected chi connectivity index (χ3v) is 2.86. The molecule has 0 radical (unpaired) electrons. The zero-order valence-electron chi connectivity index (χ0n) is 10.6. The van der Waals surface area contributed by atoms with Crippen LogP contribution in [-0.2, 0) is 4.79 Å². The standard InChI is InChI=1S/C11H16N6O/c1-7-15-16-9-8(13-4-5-17(7)9)14-6-11(2,3)10(12)18/h4-5H,6H2,1-3H3,(H2,12,18)(H,13,14). The second-order valence-electron chi connectivity index (χ2n) is 4.82. The maximum Gasteiger partial charge on any atom is 0.224 e. The zero-order valence-corrected chi connectivity index (χ0v) is 10.6. The molecule has 18 heavy (non-hydrogen) atoms. The van der Waals surface area contributed by atoms with Crippen molar-refractivity contribution in [3.8, 4) is 0 Å². The van der Waals surface area contributed by atoms with Crippen LogP contribution in [0.25, 0.3) is 5.65 Å². The van der Waals surface area contributed by atoms with Gasteiger partial charge in [-0.2, -0.15) is 0 Å². The van der Waals surface area contributed by atoms with Gasteiger partial charge in [0, 0.05) is 18.9 Å². The summed E-state index contributed by atoms with van der Waals surface area (Å²) in [5.41, 5.74) is 5.30. The third-order valence-electron chi connectivity index (χ3n) is 2.86. The number of carbonyl (C=O) groups is 1. The second kappa shape index (κ2) is 4.25. The molecular formula is C11H16N6O. The topological polar surface area (TPSA) is 98.2 Å². The summed E-state index contributed by atoms with van der Waals surface area (Å²) in [4.78, 5) is 15.4. The molecule has 0 atom stereocenters. The van der Waals surface area contributed by atoms with E-state index in [0.717, 1.165) is 5.82 Å². The number of fused-ring (bicyclic) bond motifs is 1. The Morgan fingerprint density at radius 3 is 2.89 bits per heavy atom. The monoisotopic (exact) mass is 248 g/mol. The highest BCUT2D eigenvalue weighted by Gasteiger charge is 2.25. The van der Waals surface area contributed by atoms with Gasteiger partial charge < -0.3 is 11.1 Å². The number of nitrogens with one attached hydrogen (secondary N) is 1. The predicted molar refractivity (Wildman–Crippen MR) is 67.0 cm³/mol. The van der Waals surface area contributed by atoms with Crippen LogP contribution in [0.3, 0.4) is 0 Å². The molecule has 0 spiro atoms. The molecule has 2 heterocycles. The summed E-state index contributed by atoms with van der Waals surface area (Å²) in [5.74, 6) is 1.01. The number of carbonyl (C=O) groups excluding carboxylic acids is 1. The van der Waals surface area contributed by atoms with E-state index in [1.807, 2.05) is 11.3 Å². The summed E-state index contributed by atoms with van der Waals surface area (Å²) in [6, 6.07) is 0. The van der Waals surface area contributed by atoms with Crippen molar-refractivity contribution < 1.29 is 4.79 Å². The molecular weight excluding hydrogens is 232 g/mol. The number of nitrogens with two attached hydrogens (primary N) is 1. The molecule has 0 aliphatic rings. The molecule has 2 rings (SSSR count). The average molecular weight is 248 g/mol. The Hall–Kier alpha value is -2.18. The molecule has 0 bridgehead atoms. The maximum absolute atomic E-state index is 11.2. The minimum Gasteiger partial charge on any atom is -0.369 e. The van der Waals surface area contributed by atoms with E-state index in [2.05, 4.69) is 20.5 Å². The Morgan fingerprint density at radius 1 is 1.50 bits per heavy atom. The number of anilines is 1. The van der Waals surface area contributed by atoms with E-state index in [1.165, 1.54) is 0 Å². The fourth-order valence-electron chi connectivity index (χ4n) is 1.46. The quantitative estimate of drug-likeness (QED) is 0.813. The molecule has 0 saturated carbocycles. The molecule has 2 aromatic rings. The van der Waals surface area contributed by atoms with E-state index >= 15 is 0 Å². The smallest absolute Gasteiger partial charge is 0.224 e. The van der Waals surface area contributed by atoms with Gasteiger partial charge in [-0.3, -0.25) is 9.20 Å². The maximum atomic E-state index is 11.2. The van der Waals surface area contributed by atoms with Gasteiger partial charge in [0.25, 0.3) is 0 Å². The van der Waals surface area contributed by atoms with Crippen LogP contribution in [0.2, 0.25) is 0 Å². The van der Waals surface area contributed by atoms with Crippen molar-refractivity contribution in [3.63, 3.8) is 0 Å². The number of nitrogens with zero attached hydrogens (tertiary/aromatic N) is 4. The van der Waals surface area contributed by atoms with Crippen LogP contribution in [0.4, 0.5) is 5.82 Å². The van der Waals surface area contributed by atoms with Crippen molar-refractivity contribution in [1.29, 1.82) is 0 Å². The molecule has 7 nitrogen and oxygen atoms in total. The van der Waals surface area contributed by atoms with Gasteiger partial charge in [-0.05, 0) is 20.8 Å². The van der Waals surface area contributed by atoms with Crippen LogP contribution in [0.5, 0.6) is 0 Å². The van der Waals surface area contributed by atoms with Crippen LogP contribution in [0.1, 0.15) is 19.7 Å². The number of hydrogen-bond donors (Lipinski definition) is 2. The lowest BCUT2D eigenvalue weighted by Gasteiger charge is -2.20. The van der Waals surface area contributed by atoms with E-state index in [-0.39, 0.29) is 5.91 Å². The SMILES string of the molecule is Cc1nnc2c(NCC(C)(C)C(N)=O)nccn12. The van der Waals surface area contributed by atoms with Gasteiger partial charge in [0.2, 0.25) is 11.6 Å². The lowest BCUT2D eigenvalue weighted by atomic mass is 9.93. The molecule has 0 aliphatic heterocycles. The Bertz CT molecular complexity index is 588. The van der Waals surface area contributed by atoms with E-state index in [0.29, 0.717) is 18.0 Å². The minimum atomic E-state index is -0.649. The average Bonchev–Trinajstić information content (AvgIpc) is 2.69. The Morgan fingerprint density at radius 2 is 2.22 bits per heavy atom. The predicted octanol–water partition coefficient (Wildman–Crippen LogP) is 0.356. The van der Waals surface area contributed by atoms with Crippen molar-refractivity contribution in [2.75, 3.05) is 11.9 Å². The van der Waals surface area contributed by atoms with Crippen LogP contribution in [-0.4, -0.2) is 32.0 Å². The van der Waals surface area contributed by atoms with E-state index in [4.69, 9.17) is 5.73 Å². The molecule has 1 amide bonds. The molecule has 0 saturated heterocycles. The summed E-state index contributed by atoms with van der Waals surface area (Å²) in [6.07, 6.45) is 3.44. The summed E-state index contributed by atoms with van der Waals surface area (Å²) >= 11 is 0. The van der Waals surface area contributed by atoms with Crippen molar-refractivity contribution in [2.24, 2.45) is 11.1 Å². The highest BCUT2D eigenvalue weighted by molar-refractivity contribution is 5.80. The highest BCUT2D eigenvalue weighted by atomic mass is 16.1. The van der Waals surface area contributed by atoms with E-state index in [9.17, 15) is 4.79 Å². The van der Waals surface area contributed by atoms with Gasteiger partial charge in [-0.25, -0.2) is 4.98 Å². The molecule has 3 N–H and O–H groups in total. The summed E-state index contributed by atoms with van der Waals surface area (Å²) in [5, 5.41) is 11.1. The zero-order chi connectivity index (χ0) is 13.3. The van der Waals surface area contributed by atoms with Crippen LogP contribution < -0.4 is 11.1 Å². The van der Waals surface area contributed by atoms with Gasteiger partial charge in [-0.15, -0.1) is 10.2 Å². The Labute approximate surface area is 104 Å². The highest BCUT2D eigenvalue weighted by Crippen LogP contribution is 2.17. The molecule has 0 fully saturated rings. The normalized spacial score (nSPS) is 11.7. The van der Waals surface area contributed by atoms with Gasteiger partial charge in [-0.1, -0.05) is 0 Å². The van der Waals surface area contributed by atoms with Crippen LogP contribution >= 0.6 is 0 Å². The fourth-order valence-corrected chi connectivity index (χ4v) is 1.46. The van der Waals surface area contributed by atoms with Gasteiger partial charge >= 0.3 is 0 Å². The summed E-state index contributed by atoms with van der Waals surface area (Å²) in [7, 11) is 0. The number of hydrogen-bond acceptors (Lipinski definition) is 5. The number of aryl methyl sites for hydroxylation is 1. The molecule has 7 heteroatoms. The van der Waals surface area contributed by atoms with E-state index in [1.54, 1.807) is 26.2 Å². The minimum absolute atomic E-state index is 0.361. The van der Waals surface area contributed by atoms with E-state index < -0.39 is 5.41 Å². The fraction of sp³-hybridized carbons (Fsp3) is 0.455. The van der Waals surface area contributed by atoms with Crippen molar-refractivity contribution in [3.05, 3.63) is 18.2 Å². The molecule has 96 valence electrons. The first-order valence-electron chi connectivity index (χ1n) is 5.62.